The van der Waals surface area contributed by atoms with Crippen molar-refractivity contribution in [3.63, 3.8) is 0 Å². The third-order valence-corrected chi connectivity index (χ3v) is 4.57. The van der Waals surface area contributed by atoms with Gasteiger partial charge in [-0.3, -0.25) is 4.79 Å². The molecule has 19 heavy (non-hydrogen) atoms. The molecule has 1 saturated heterocycles. The lowest BCUT2D eigenvalue weighted by Gasteiger charge is -2.61. The van der Waals surface area contributed by atoms with Crippen molar-refractivity contribution in [3.8, 4) is 0 Å². The number of amides is 1. The van der Waals surface area contributed by atoms with Crippen LogP contribution in [0.5, 0.6) is 0 Å². The largest absolute Gasteiger partial charge is 0.332 e. The van der Waals surface area contributed by atoms with Crippen molar-refractivity contribution >= 4 is 11.6 Å². The zero-order chi connectivity index (χ0) is 13.8. The van der Waals surface area contributed by atoms with Crippen LogP contribution < -0.4 is 0 Å². The first-order valence-electron chi connectivity index (χ1n) is 6.33. The molecule has 2 aromatic heterocycles. The van der Waals surface area contributed by atoms with Crippen molar-refractivity contribution in [2.45, 2.75) is 33.2 Å². The number of nitrogens with zero attached hydrogens (tertiary/aromatic N) is 5. The monoisotopic (exact) mass is 259 g/mol. The van der Waals surface area contributed by atoms with E-state index in [-0.39, 0.29) is 16.9 Å². The second kappa shape index (κ2) is 3.53. The molecule has 0 spiro atoms. The molecule has 0 saturated carbocycles. The van der Waals surface area contributed by atoms with E-state index in [0.29, 0.717) is 11.2 Å². The Bertz CT molecular complexity index is 658. The number of pyridine rings is 1. The van der Waals surface area contributed by atoms with Crippen LogP contribution in [0.15, 0.2) is 18.3 Å². The summed E-state index contributed by atoms with van der Waals surface area (Å²) in [5, 5.41) is 11.2. The quantitative estimate of drug-likeness (QED) is 0.776. The predicted molar refractivity (Wildman–Crippen MR) is 69.7 cm³/mol. The molecule has 0 aromatic carbocycles. The van der Waals surface area contributed by atoms with E-state index < -0.39 is 0 Å². The summed E-state index contributed by atoms with van der Waals surface area (Å²) < 4.78 is 1.52. The first-order valence-corrected chi connectivity index (χ1v) is 6.33. The van der Waals surface area contributed by atoms with Crippen molar-refractivity contribution in [3.05, 3.63) is 23.9 Å². The summed E-state index contributed by atoms with van der Waals surface area (Å²) in [6, 6.07) is 3.53. The van der Waals surface area contributed by atoms with Crippen LogP contribution in [0.2, 0.25) is 0 Å². The van der Waals surface area contributed by atoms with Gasteiger partial charge in [0.2, 0.25) is 0 Å². The molecule has 1 aliphatic rings. The minimum absolute atomic E-state index is 0.0294. The highest BCUT2D eigenvalue weighted by atomic mass is 16.2. The van der Waals surface area contributed by atoms with E-state index in [9.17, 15) is 4.79 Å². The summed E-state index contributed by atoms with van der Waals surface area (Å²) in [7, 11) is 0. The Morgan fingerprint density at radius 2 is 2.00 bits per heavy atom. The number of tetrazole rings is 1. The number of hydrogen-bond acceptors (Lipinski definition) is 4. The molecule has 0 atom stereocenters. The molecule has 0 N–H and O–H groups in total. The Balaban J connectivity index is 1.93. The minimum atomic E-state index is -0.139. The first-order chi connectivity index (χ1) is 8.83. The summed E-state index contributed by atoms with van der Waals surface area (Å²) in [6.45, 7) is 9.34. The lowest BCUT2D eigenvalue weighted by atomic mass is 9.65. The van der Waals surface area contributed by atoms with Crippen molar-refractivity contribution in [2.24, 2.45) is 5.41 Å². The van der Waals surface area contributed by atoms with Gasteiger partial charge in [0.25, 0.3) is 5.91 Å². The predicted octanol–water partition coefficient (Wildman–Crippen LogP) is 1.38. The highest BCUT2D eigenvalue weighted by molar-refractivity contribution is 5.95. The molecule has 1 fully saturated rings. The highest BCUT2D eigenvalue weighted by Gasteiger charge is 2.54. The molecule has 3 rings (SSSR count). The Labute approximate surface area is 111 Å². The molecule has 0 bridgehead atoms. The van der Waals surface area contributed by atoms with Gasteiger partial charge in [0.05, 0.1) is 5.56 Å². The fraction of sp³-hybridized carbons (Fsp3) is 0.538. The summed E-state index contributed by atoms with van der Waals surface area (Å²) in [4.78, 5) is 14.4. The lowest BCUT2D eigenvalue weighted by Crippen LogP contribution is -2.70. The Morgan fingerprint density at radius 1 is 1.26 bits per heavy atom. The highest BCUT2D eigenvalue weighted by Crippen LogP contribution is 2.46. The maximum Gasteiger partial charge on any atom is 0.255 e. The van der Waals surface area contributed by atoms with E-state index in [4.69, 9.17) is 0 Å². The smallest absolute Gasteiger partial charge is 0.255 e. The molecular weight excluding hydrogens is 242 g/mol. The van der Waals surface area contributed by atoms with Crippen molar-refractivity contribution in [1.82, 2.24) is 24.9 Å². The topological polar surface area (TPSA) is 63.4 Å². The van der Waals surface area contributed by atoms with Crippen molar-refractivity contribution in [1.29, 1.82) is 0 Å². The van der Waals surface area contributed by atoms with Gasteiger partial charge in [-0.05, 0) is 36.4 Å². The van der Waals surface area contributed by atoms with Crippen LogP contribution in [0.25, 0.3) is 5.65 Å². The van der Waals surface area contributed by atoms with Crippen molar-refractivity contribution in [2.75, 3.05) is 6.54 Å². The van der Waals surface area contributed by atoms with E-state index in [1.54, 1.807) is 18.3 Å². The molecule has 2 aromatic rings. The summed E-state index contributed by atoms with van der Waals surface area (Å²) in [6.07, 6.45) is 1.68. The first kappa shape index (κ1) is 12.1. The number of likely N-dealkylation sites (tertiary alicyclic amines) is 1. The molecule has 6 nitrogen and oxygen atoms in total. The van der Waals surface area contributed by atoms with E-state index in [1.165, 1.54) is 4.52 Å². The van der Waals surface area contributed by atoms with Crippen molar-refractivity contribution < 1.29 is 4.79 Å². The van der Waals surface area contributed by atoms with Gasteiger partial charge in [-0.2, -0.15) is 4.52 Å². The molecule has 1 amide bonds. The second-order valence-electron chi connectivity index (χ2n) is 6.23. The normalized spacial score (nSPS) is 20.3. The van der Waals surface area contributed by atoms with Gasteiger partial charge in [0.15, 0.2) is 5.65 Å². The van der Waals surface area contributed by atoms with E-state index in [1.807, 2.05) is 4.90 Å². The third-order valence-electron chi connectivity index (χ3n) is 4.57. The van der Waals surface area contributed by atoms with Crippen LogP contribution in [0.4, 0.5) is 0 Å². The molecule has 0 unspecified atom stereocenters. The number of carbonyl (C=O) groups excluding carboxylic acids is 1. The maximum atomic E-state index is 12.5. The third kappa shape index (κ3) is 1.55. The van der Waals surface area contributed by atoms with E-state index in [0.717, 1.165) is 6.54 Å². The van der Waals surface area contributed by atoms with Crippen LogP contribution in [0.3, 0.4) is 0 Å². The van der Waals surface area contributed by atoms with Gasteiger partial charge in [-0.15, -0.1) is 5.10 Å². The van der Waals surface area contributed by atoms with Gasteiger partial charge in [-0.1, -0.05) is 13.8 Å². The second-order valence-corrected chi connectivity index (χ2v) is 6.23. The zero-order valence-electron chi connectivity index (χ0n) is 11.6. The molecule has 1 aliphatic heterocycles. The number of rotatable bonds is 1. The summed E-state index contributed by atoms with van der Waals surface area (Å²) in [5.74, 6) is 0.0294. The summed E-state index contributed by atoms with van der Waals surface area (Å²) >= 11 is 0. The zero-order valence-corrected chi connectivity index (χ0v) is 11.6. The van der Waals surface area contributed by atoms with Gasteiger partial charge in [0.1, 0.15) is 0 Å². The van der Waals surface area contributed by atoms with E-state index in [2.05, 4.69) is 43.2 Å². The number of aromatic nitrogens is 4. The Kier molecular flexibility index (Phi) is 2.24. The SMILES string of the molecule is CC1(C)CN(C(=O)c2ccc3nnnn3c2)C1(C)C. The van der Waals surface area contributed by atoms with Crippen LogP contribution in [-0.4, -0.2) is 42.9 Å². The Hall–Kier alpha value is -1.98. The number of fused-ring (bicyclic) bond motifs is 1. The standard InChI is InChI=1S/C13H17N5O/c1-12(2)8-17(13(12,3)4)11(19)9-5-6-10-14-15-16-18(10)7-9/h5-7H,8H2,1-4H3. The van der Waals surface area contributed by atoms with Gasteiger partial charge >= 0.3 is 0 Å². The van der Waals surface area contributed by atoms with Crippen LogP contribution in [-0.2, 0) is 0 Å². The lowest BCUT2D eigenvalue weighted by molar-refractivity contribution is -0.0882. The molecule has 3 heterocycles. The van der Waals surface area contributed by atoms with Crippen LogP contribution in [0, 0.1) is 5.41 Å². The maximum absolute atomic E-state index is 12.5. The average molecular weight is 259 g/mol. The molecule has 0 aliphatic carbocycles. The molecule has 6 heteroatoms. The average Bonchev–Trinajstić information content (AvgIpc) is 2.82. The van der Waals surface area contributed by atoms with Crippen LogP contribution in [0.1, 0.15) is 38.1 Å². The summed E-state index contributed by atoms with van der Waals surface area (Å²) in [5.41, 5.74) is 1.25. The molecule has 100 valence electrons. The van der Waals surface area contributed by atoms with Gasteiger partial charge < -0.3 is 4.90 Å². The number of hydrogen-bond donors (Lipinski definition) is 0. The fourth-order valence-corrected chi connectivity index (χ4v) is 2.41. The molecular formula is C13H17N5O. The van der Waals surface area contributed by atoms with Crippen LogP contribution >= 0.6 is 0 Å². The van der Waals surface area contributed by atoms with Gasteiger partial charge in [-0.25, -0.2) is 0 Å². The Morgan fingerprint density at radius 3 is 2.63 bits per heavy atom. The van der Waals surface area contributed by atoms with E-state index >= 15 is 0 Å². The number of carbonyl (C=O) groups is 1. The minimum Gasteiger partial charge on any atom is -0.332 e. The molecule has 0 radical (unpaired) electrons. The van der Waals surface area contributed by atoms with Gasteiger partial charge in [0, 0.05) is 23.7 Å². The fourth-order valence-electron chi connectivity index (χ4n) is 2.41.